The molecule has 0 atom stereocenters. The van der Waals surface area contributed by atoms with Crippen LogP contribution >= 0.6 is 27.5 Å². The molecule has 2 aromatic carbocycles. The smallest absolute Gasteiger partial charge is 0.154 e. The van der Waals surface area contributed by atoms with Crippen LogP contribution in [0.15, 0.2) is 81.1 Å². The maximum absolute atomic E-state index is 6.49. The van der Waals surface area contributed by atoms with Crippen LogP contribution in [0.1, 0.15) is 16.8 Å². The second kappa shape index (κ2) is 6.51. The average molecular weight is 439 g/mol. The van der Waals surface area contributed by atoms with Crippen LogP contribution in [0.3, 0.4) is 0 Å². The molecule has 3 heterocycles. The monoisotopic (exact) mass is 437 g/mol. The number of rotatable bonds is 2. The fraction of sp³-hybridized carbons (Fsp3) is 0.0476. The summed E-state index contributed by atoms with van der Waals surface area (Å²) in [7, 11) is 0. The second-order valence-corrected chi connectivity index (χ2v) is 7.52. The Hall–Kier alpha value is -2.63. The SMILES string of the molecule is Clc1ccccc1C1=NCc2c(-c3ccco3)ncn2-c2ccc(Br)cc21. The van der Waals surface area contributed by atoms with Crippen LogP contribution in [-0.2, 0) is 6.54 Å². The summed E-state index contributed by atoms with van der Waals surface area (Å²) in [5.41, 5.74) is 5.57. The van der Waals surface area contributed by atoms with E-state index in [-0.39, 0.29) is 0 Å². The molecule has 27 heavy (non-hydrogen) atoms. The van der Waals surface area contributed by atoms with Gasteiger partial charge in [0.1, 0.15) is 12.0 Å². The van der Waals surface area contributed by atoms with Gasteiger partial charge in [0.25, 0.3) is 0 Å². The first-order valence-electron chi connectivity index (χ1n) is 8.42. The molecule has 0 fully saturated rings. The standard InChI is InChI=1S/C21H13BrClN3O/c22-13-7-8-17-15(10-13)20(14-4-1-2-5-16(14)23)24-11-18-21(25-12-26(17)18)19-6-3-9-27-19/h1-10,12H,11H2. The second-order valence-electron chi connectivity index (χ2n) is 6.19. The van der Waals surface area contributed by atoms with Gasteiger partial charge < -0.3 is 4.42 Å². The summed E-state index contributed by atoms with van der Waals surface area (Å²) in [6.45, 7) is 0.475. The molecule has 0 spiro atoms. The number of benzene rings is 2. The first-order chi connectivity index (χ1) is 13.2. The molecule has 0 saturated heterocycles. The maximum atomic E-state index is 6.49. The summed E-state index contributed by atoms with van der Waals surface area (Å²) in [5, 5.41) is 0.679. The minimum absolute atomic E-state index is 0.475. The Bertz CT molecular complexity index is 1180. The third kappa shape index (κ3) is 2.74. The number of fused-ring (bicyclic) bond motifs is 3. The van der Waals surface area contributed by atoms with Crippen molar-refractivity contribution >= 4 is 33.2 Å². The molecule has 0 bridgehead atoms. The van der Waals surface area contributed by atoms with E-state index in [2.05, 4.69) is 37.6 Å². The van der Waals surface area contributed by atoms with Crippen molar-refractivity contribution in [3.05, 3.63) is 93.5 Å². The van der Waals surface area contributed by atoms with Crippen LogP contribution in [-0.4, -0.2) is 15.3 Å². The van der Waals surface area contributed by atoms with Gasteiger partial charge in [0.15, 0.2) is 5.76 Å². The molecule has 0 radical (unpaired) electrons. The highest BCUT2D eigenvalue weighted by Crippen LogP contribution is 2.33. The minimum atomic E-state index is 0.475. The third-order valence-corrected chi connectivity index (χ3v) is 5.43. The van der Waals surface area contributed by atoms with Crippen molar-refractivity contribution in [3.63, 3.8) is 0 Å². The summed E-state index contributed by atoms with van der Waals surface area (Å²) < 4.78 is 8.63. The first-order valence-corrected chi connectivity index (χ1v) is 9.59. The summed E-state index contributed by atoms with van der Waals surface area (Å²) in [6, 6.07) is 17.7. The van der Waals surface area contributed by atoms with Gasteiger partial charge in [-0.05, 0) is 36.4 Å². The molecule has 0 N–H and O–H groups in total. The molecule has 2 aromatic heterocycles. The first kappa shape index (κ1) is 16.5. The molecule has 4 nitrogen and oxygen atoms in total. The number of halogens is 2. The Morgan fingerprint density at radius 3 is 2.74 bits per heavy atom. The van der Waals surface area contributed by atoms with E-state index in [1.54, 1.807) is 6.26 Å². The molecule has 1 aliphatic heterocycles. The Morgan fingerprint density at radius 2 is 1.93 bits per heavy atom. The molecule has 4 aromatic rings. The fourth-order valence-corrected chi connectivity index (χ4v) is 3.97. The lowest BCUT2D eigenvalue weighted by molar-refractivity contribution is 0.579. The summed E-state index contributed by atoms with van der Waals surface area (Å²) >= 11 is 10.1. The van der Waals surface area contributed by atoms with Crippen molar-refractivity contribution in [2.24, 2.45) is 4.99 Å². The largest absolute Gasteiger partial charge is 0.463 e. The number of hydrogen-bond donors (Lipinski definition) is 0. The van der Waals surface area contributed by atoms with E-state index in [0.29, 0.717) is 11.6 Å². The van der Waals surface area contributed by atoms with E-state index in [0.717, 1.165) is 44.1 Å². The van der Waals surface area contributed by atoms with Gasteiger partial charge >= 0.3 is 0 Å². The Kier molecular flexibility index (Phi) is 3.99. The lowest BCUT2D eigenvalue weighted by Crippen LogP contribution is -2.07. The van der Waals surface area contributed by atoms with Crippen molar-refractivity contribution in [3.8, 4) is 17.1 Å². The number of nitrogens with zero attached hydrogens (tertiary/aromatic N) is 3. The van der Waals surface area contributed by atoms with E-state index in [4.69, 9.17) is 21.0 Å². The Labute approximate surface area is 169 Å². The molecule has 0 amide bonds. The van der Waals surface area contributed by atoms with Crippen molar-refractivity contribution in [1.29, 1.82) is 0 Å². The number of imidazole rings is 1. The molecule has 6 heteroatoms. The van der Waals surface area contributed by atoms with E-state index >= 15 is 0 Å². The lowest BCUT2D eigenvalue weighted by Gasteiger charge is -2.13. The van der Waals surface area contributed by atoms with Gasteiger partial charge in [0.05, 0.1) is 29.9 Å². The molecular weight excluding hydrogens is 426 g/mol. The third-order valence-electron chi connectivity index (χ3n) is 4.61. The Balaban J connectivity index is 1.77. The van der Waals surface area contributed by atoms with E-state index < -0.39 is 0 Å². The zero-order valence-corrected chi connectivity index (χ0v) is 16.4. The molecule has 0 aliphatic carbocycles. The summed E-state index contributed by atoms with van der Waals surface area (Å²) in [6.07, 6.45) is 3.48. The number of hydrogen-bond acceptors (Lipinski definition) is 3. The van der Waals surface area contributed by atoms with E-state index in [1.165, 1.54) is 0 Å². The average Bonchev–Trinajstić information content (AvgIpc) is 3.30. The van der Waals surface area contributed by atoms with Crippen LogP contribution in [0.5, 0.6) is 0 Å². The van der Waals surface area contributed by atoms with Crippen LogP contribution in [0.4, 0.5) is 0 Å². The van der Waals surface area contributed by atoms with Gasteiger partial charge in [-0.2, -0.15) is 0 Å². The van der Waals surface area contributed by atoms with Crippen molar-refractivity contribution < 1.29 is 4.42 Å². The van der Waals surface area contributed by atoms with Gasteiger partial charge in [-0.15, -0.1) is 0 Å². The normalized spacial score (nSPS) is 12.9. The predicted octanol–water partition coefficient (Wildman–Crippen LogP) is 5.90. The van der Waals surface area contributed by atoms with E-state index in [1.807, 2.05) is 48.8 Å². The van der Waals surface area contributed by atoms with Crippen molar-refractivity contribution in [2.75, 3.05) is 0 Å². The van der Waals surface area contributed by atoms with Crippen molar-refractivity contribution in [1.82, 2.24) is 9.55 Å². The quantitative estimate of drug-likeness (QED) is 0.391. The highest BCUT2D eigenvalue weighted by atomic mass is 79.9. The minimum Gasteiger partial charge on any atom is -0.463 e. The molecule has 132 valence electrons. The summed E-state index contributed by atoms with van der Waals surface area (Å²) in [5.74, 6) is 0.735. The maximum Gasteiger partial charge on any atom is 0.154 e. The molecular formula is C21H13BrClN3O. The van der Waals surface area contributed by atoms with Gasteiger partial charge in [-0.25, -0.2) is 4.98 Å². The van der Waals surface area contributed by atoms with Gasteiger partial charge in [-0.1, -0.05) is 45.7 Å². The van der Waals surface area contributed by atoms with E-state index in [9.17, 15) is 0 Å². The topological polar surface area (TPSA) is 43.3 Å². The van der Waals surface area contributed by atoms with Crippen LogP contribution < -0.4 is 0 Å². The van der Waals surface area contributed by atoms with Crippen LogP contribution in [0.25, 0.3) is 17.1 Å². The zero-order valence-electron chi connectivity index (χ0n) is 14.1. The predicted molar refractivity (Wildman–Crippen MR) is 110 cm³/mol. The van der Waals surface area contributed by atoms with Crippen LogP contribution in [0.2, 0.25) is 5.02 Å². The lowest BCUT2D eigenvalue weighted by atomic mass is 10.0. The number of aromatic nitrogens is 2. The number of furan rings is 1. The van der Waals surface area contributed by atoms with Gasteiger partial charge in [-0.3, -0.25) is 9.56 Å². The number of aliphatic imine (C=N–C) groups is 1. The highest BCUT2D eigenvalue weighted by molar-refractivity contribution is 9.10. The van der Waals surface area contributed by atoms with Crippen LogP contribution in [0, 0.1) is 0 Å². The fourth-order valence-electron chi connectivity index (χ4n) is 3.38. The van der Waals surface area contributed by atoms with Crippen molar-refractivity contribution in [2.45, 2.75) is 6.54 Å². The Morgan fingerprint density at radius 1 is 1.04 bits per heavy atom. The molecule has 0 unspecified atom stereocenters. The highest BCUT2D eigenvalue weighted by Gasteiger charge is 2.24. The molecule has 1 aliphatic rings. The van der Waals surface area contributed by atoms with Gasteiger partial charge in [0, 0.05) is 20.6 Å². The summed E-state index contributed by atoms with van der Waals surface area (Å²) in [4.78, 5) is 9.51. The zero-order chi connectivity index (χ0) is 18.4. The molecule has 0 saturated carbocycles. The van der Waals surface area contributed by atoms with Gasteiger partial charge in [0.2, 0.25) is 0 Å². The molecule has 5 rings (SSSR count).